The molecule has 1 N–H and O–H groups in total. The topological polar surface area (TPSA) is 29.1 Å². The van der Waals surface area contributed by atoms with Crippen LogP contribution in [-0.4, -0.2) is 5.91 Å². The smallest absolute Gasteiger partial charge is 0.251 e. The second-order valence-corrected chi connectivity index (χ2v) is 6.13. The molecule has 1 atom stereocenters. The summed E-state index contributed by atoms with van der Waals surface area (Å²) in [5, 5.41) is 3.70. The summed E-state index contributed by atoms with van der Waals surface area (Å²) in [4.78, 5) is 12.4. The van der Waals surface area contributed by atoms with E-state index in [9.17, 15) is 4.79 Å². The Morgan fingerprint density at radius 2 is 1.42 bits per heavy atom. The summed E-state index contributed by atoms with van der Waals surface area (Å²) < 4.78 is 0. The van der Waals surface area contributed by atoms with E-state index >= 15 is 0 Å². The minimum Gasteiger partial charge on any atom is -0.346 e. The van der Waals surface area contributed by atoms with Crippen LogP contribution in [0.1, 0.15) is 28.9 Å². The van der Waals surface area contributed by atoms with E-state index in [0.717, 1.165) is 16.7 Å². The Hall–Kier alpha value is -2.58. The molecule has 3 heteroatoms. The second-order valence-electron chi connectivity index (χ2n) is 5.69. The van der Waals surface area contributed by atoms with Crippen molar-refractivity contribution in [2.75, 3.05) is 0 Å². The SMILES string of the molecule is C[C@@H](NC(=O)c1ccc(-c2ccccc2)cc1)c1ccc(Cl)cc1. The van der Waals surface area contributed by atoms with E-state index in [2.05, 4.69) is 17.4 Å². The van der Waals surface area contributed by atoms with E-state index in [1.54, 1.807) is 0 Å². The molecule has 0 aliphatic heterocycles. The summed E-state index contributed by atoms with van der Waals surface area (Å²) in [5.74, 6) is -0.0861. The molecule has 24 heavy (non-hydrogen) atoms. The van der Waals surface area contributed by atoms with E-state index < -0.39 is 0 Å². The number of nitrogens with one attached hydrogen (secondary N) is 1. The first kappa shape index (κ1) is 16.3. The minimum absolute atomic E-state index is 0.0800. The Bertz CT molecular complexity index is 811. The Kier molecular flexibility index (Phi) is 4.97. The van der Waals surface area contributed by atoms with Gasteiger partial charge in [-0.3, -0.25) is 4.79 Å². The van der Waals surface area contributed by atoms with Crippen molar-refractivity contribution >= 4 is 17.5 Å². The highest BCUT2D eigenvalue weighted by molar-refractivity contribution is 6.30. The van der Waals surface area contributed by atoms with Gasteiger partial charge in [0.25, 0.3) is 5.91 Å². The third-order valence-electron chi connectivity index (χ3n) is 3.97. The lowest BCUT2D eigenvalue weighted by Crippen LogP contribution is -2.26. The summed E-state index contributed by atoms with van der Waals surface area (Å²) in [6.45, 7) is 1.96. The highest BCUT2D eigenvalue weighted by atomic mass is 35.5. The molecule has 3 rings (SSSR count). The molecule has 0 aliphatic carbocycles. The van der Waals surface area contributed by atoms with Crippen LogP contribution in [-0.2, 0) is 0 Å². The van der Waals surface area contributed by atoms with Crippen LogP contribution < -0.4 is 5.32 Å². The van der Waals surface area contributed by atoms with Crippen molar-refractivity contribution in [2.45, 2.75) is 13.0 Å². The van der Waals surface area contributed by atoms with Crippen molar-refractivity contribution in [3.05, 3.63) is 95.0 Å². The van der Waals surface area contributed by atoms with Crippen LogP contribution in [0.3, 0.4) is 0 Å². The number of rotatable bonds is 4. The molecule has 0 aliphatic rings. The number of amides is 1. The summed E-state index contributed by atoms with van der Waals surface area (Å²) in [7, 11) is 0. The largest absolute Gasteiger partial charge is 0.346 e. The Morgan fingerprint density at radius 3 is 2.04 bits per heavy atom. The summed E-state index contributed by atoms with van der Waals surface area (Å²) in [6, 6.07) is 25.2. The van der Waals surface area contributed by atoms with Gasteiger partial charge in [0.2, 0.25) is 0 Å². The predicted molar refractivity (Wildman–Crippen MR) is 99.2 cm³/mol. The normalized spacial score (nSPS) is 11.8. The van der Waals surface area contributed by atoms with Gasteiger partial charge in [0.1, 0.15) is 0 Å². The summed E-state index contributed by atoms with van der Waals surface area (Å²) in [6.07, 6.45) is 0. The molecule has 3 aromatic carbocycles. The Balaban J connectivity index is 1.70. The molecule has 0 radical (unpaired) electrons. The maximum atomic E-state index is 12.4. The van der Waals surface area contributed by atoms with Crippen LogP contribution in [0.25, 0.3) is 11.1 Å². The van der Waals surface area contributed by atoms with E-state index in [0.29, 0.717) is 10.6 Å². The van der Waals surface area contributed by atoms with Crippen LogP contribution >= 0.6 is 11.6 Å². The molecule has 0 fully saturated rings. The van der Waals surface area contributed by atoms with Crippen LogP contribution in [0.4, 0.5) is 0 Å². The molecule has 0 saturated carbocycles. The van der Waals surface area contributed by atoms with Gasteiger partial charge in [-0.2, -0.15) is 0 Å². The summed E-state index contributed by atoms with van der Waals surface area (Å²) >= 11 is 5.90. The van der Waals surface area contributed by atoms with Gasteiger partial charge in [0, 0.05) is 10.6 Å². The standard InChI is InChI=1S/C21H18ClNO/c1-15(16-11-13-20(22)14-12-16)23-21(24)19-9-7-18(8-10-19)17-5-3-2-4-6-17/h2-15H,1H3,(H,23,24)/t15-/m1/s1. The van der Waals surface area contributed by atoms with Crippen molar-refractivity contribution in [3.8, 4) is 11.1 Å². The quantitative estimate of drug-likeness (QED) is 0.670. The highest BCUT2D eigenvalue weighted by Crippen LogP contribution is 2.20. The number of benzene rings is 3. The molecule has 0 unspecified atom stereocenters. The van der Waals surface area contributed by atoms with E-state index in [4.69, 9.17) is 11.6 Å². The zero-order chi connectivity index (χ0) is 16.9. The maximum absolute atomic E-state index is 12.4. The van der Waals surface area contributed by atoms with Gasteiger partial charge in [-0.1, -0.05) is 66.2 Å². The molecule has 0 heterocycles. The Morgan fingerprint density at radius 1 is 0.833 bits per heavy atom. The third-order valence-corrected chi connectivity index (χ3v) is 4.22. The first-order chi connectivity index (χ1) is 11.6. The van der Waals surface area contributed by atoms with Crippen molar-refractivity contribution in [1.82, 2.24) is 5.32 Å². The minimum atomic E-state index is -0.0861. The Labute approximate surface area is 147 Å². The average Bonchev–Trinajstić information content (AvgIpc) is 2.63. The summed E-state index contributed by atoms with van der Waals surface area (Å²) in [5.41, 5.74) is 3.90. The first-order valence-electron chi connectivity index (χ1n) is 7.85. The number of hydrogen-bond donors (Lipinski definition) is 1. The van der Waals surface area contributed by atoms with Crippen molar-refractivity contribution in [2.24, 2.45) is 0 Å². The molecule has 3 aromatic rings. The van der Waals surface area contributed by atoms with Crippen LogP contribution in [0.2, 0.25) is 5.02 Å². The van der Waals surface area contributed by atoms with Crippen molar-refractivity contribution in [1.29, 1.82) is 0 Å². The van der Waals surface area contributed by atoms with Gasteiger partial charge in [-0.25, -0.2) is 0 Å². The fraction of sp³-hybridized carbons (Fsp3) is 0.0952. The lowest BCUT2D eigenvalue weighted by Gasteiger charge is -2.14. The van der Waals surface area contributed by atoms with Gasteiger partial charge in [-0.15, -0.1) is 0 Å². The lowest BCUT2D eigenvalue weighted by atomic mass is 10.0. The van der Waals surface area contributed by atoms with E-state index in [1.165, 1.54) is 0 Å². The molecule has 0 spiro atoms. The second kappa shape index (κ2) is 7.33. The van der Waals surface area contributed by atoms with Gasteiger partial charge in [0.05, 0.1) is 6.04 Å². The number of carbonyl (C=O) groups excluding carboxylic acids is 1. The molecule has 0 aromatic heterocycles. The monoisotopic (exact) mass is 335 g/mol. The van der Waals surface area contributed by atoms with Gasteiger partial charge < -0.3 is 5.32 Å². The molecule has 0 saturated heterocycles. The zero-order valence-corrected chi connectivity index (χ0v) is 14.1. The number of carbonyl (C=O) groups is 1. The highest BCUT2D eigenvalue weighted by Gasteiger charge is 2.11. The van der Waals surface area contributed by atoms with Crippen molar-refractivity contribution < 1.29 is 4.79 Å². The molecule has 2 nitrogen and oxygen atoms in total. The third kappa shape index (κ3) is 3.84. The van der Waals surface area contributed by atoms with Crippen LogP contribution in [0.5, 0.6) is 0 Å². The molecular weight excluding hydrogens is 318 g/mol. The number of hydrogen-bond acceptors (Lipinski definition) is 1. The number of halogens is 1. The molecular formula is C21H18ClNO. The fourth-order valence-corrected chi connectivity index (χ4v) is 2.69. The molecule has 0 bridgehead atoms. The van der Waals surface area contributed by atoms with Gasteiger partial charge in [0.15, 0.2) is 0 Å². The zero-order valence-electron chi connectivity index (χ0n) is 13.4. The van der Waals surface area contributed by atoms with Crippen LogP contribution in [0, 0.1) is 0 Å². The van der Waals surface area contributed by atoms with E-state index in [1.807, 2.05) is 73.7 Å². The van der Waals surface area contributed by atoms with Crippen LogP contribution in [0.15, 0.2) is 78.9 Å². The predicted octanol–water partition coefficient (Wildman–Crippen LogP) is 5.50. The van der Waals surface area contributed by atoms with E-state index in [-0.39, 0.29) is 11.9 Å². The molecule has 120 valence electrons. The first-order valence-corrected chi connectivity index (χ1v) is 8.23. The fourth-order valence-electron chi connectivity index (χ4n) is 2.56. The van der Waals surface area contributed by atoms with Crippen molar-refractivity contribution in [3.63, 3.8) is 0 Å². The maximum Gasteiger partial charge on any atom is 0.251 e. The van der Waals surface area contributed by atoms with Gasteiger partial charge >= 0.3 is 0 Å². The van der Waals surface area contributed by atoms with Gasteiger partial charge in [-0.05, 0) is 47.9 Å². The average molecular weight is 336 g/mol. The lowest BCUT2D eigenvalue weighted by molar-refractivity contribution is 0.0940. The molecule has 1 amide bonds.